The summed E-state index contributed by atoms with van der Waals surface area (Å²) in [5.41, 5.74) is -0.552. The fourth-order valence-corrected chi connectivity index (χ4v) is 1.81. The van der Waals surface area contributed by atoms with E-state index in [9.17, 15) is 14.3 Å². The molecule has 20 heavy (non-hydrogen) atoms. The zero-order valence-electron chi connectivity index (χ0n) is 11.3. The number of nitrogens with one attached hydrogen (secondary N) is 1. The summed E-state index contributed by atoms with van der Waals surface area (Å²) in [6.07, 6.45) is 1.45. The van der Waals surface area contributed by atoms with E-state index in [4.69, 9.17) is 4.42 Å². The molecule has 0 aliphatic rings. The van der Waals surface area contributed by atoms with Gasteiger partial charge in [-0.05, 0) is 49.7 Å². The van der Waals surface area contributed by atoms with E-state index in [1.165, 1.54) is 24.5 Å². The van der Waals surface area contributed by atoms with Gasteiger partial charge in [0.1, 0.15) is 17.2 Å². The first-order valence-electron chi connectivity index (χ1n) is 6.21. The van der Waals surface area contributed by atoms with Gasteiger partial charge in [0.05, 0.1) is 12.8 Å². The molecule has 1 heterocycles. The Balaban J connectivity index is 2.03. The minimum absolute atomic E-state index is 0.00420. The molecule has 1 aromatic carbocycles. The third-order valence-electron chi connectivity index (χ3n) is 3.07. The van der Waals surface area contributed by atoms with E-state index in [2.05, 4.69) is 5.32 Å². The van der Waals surface area contributed by atoms with E-state index >= 15 is 0 Å². The lowest BCUT2D eigenvalue weighted by molar-refractivity contribution is 0.0330. The number of aliphatic hydroxyl groups is 1. The number of benzene rings is 1. The molecular weight excluding hydrogens is 261 g/mol. The van der Waals surface area contributed by atoms with Crippen LogP contribution in [0.2, 0.25) is 0 Å². The Morgan fingerprint density at radius 1 is 1.45 bits per heavy atom. The number of furan rings is 1. The predicted octanol–water partition coefficient (Wildman–Crippen LogP) is 2.36. The Morgan fingerprint density at radius 3 is 2.80 bits per heavy atom. The molecule has 4 nitrogen and oxygen atoms in total. The zero-order chi connectivity index (χ0) is 14.8. The average molecular weight is 277 g/mol. The minimum Gasteiger partial charge on any atom is -0.466 e. The first kappa shape index (κ1) is 14.3. The van der Waals surface area contributed by atoms with Crippen LogP contribution >= 0.6 is 0 Å². The predicted molar refractivity (Wildman–Crippen MR) is 71.7 cm³/mol. The number of rotatable bonds is 4. The highest BCUT2D eigenvalue weighted by Crippen LogP contribution is 2.20. The molecule has 106 valence electrons. The third-order valence-corrected chi connectivity index (χ3v) is 3.07. The summed E-state index contributed by atoms with van der Waals surface area (Å²) < 4.78 is 18.3. The Morgan fingerprint density at radius 2 is 2.20 bits per heavy atom. The molecular formula is C15H16FNO3. The van der Waals surface area contributed by atoms with E-state index in [0.717, 1.165) is 0 Å². The van der Waals surface area contributed by atoms with Gasteiger partial charge >= 0.3 is 0 Å². The van der Waals surface area contributed by atoms with Gasteiger partial charge in [-0.2, -0.15) is 0 Å². The van der Waals surface area contributed by atoms with E-state index in [-0.39, 0.29) is 18.3 Å². The Kier molecular flexibility index (Phi) is 3.90. The van der Waals surface area contributed by atoms with Crippen LogP contribution in [0.15, 0.2) is 41.0 Å². The Labute approximate surface area is 116 Å². The molecule has 0 bridgehead atoms. The summed E-state index contributed by atoms with van der Waals surface area (Å²) in [4.78, 5) is 11.9. The molecule has 0 saturated heterocycles. The van der Waals surface area contributed by atoms with Gasteiger partial charge in [0.25, 0.3) is 5.91 Å². The second-order valence-corrected chi connectivity index (χ2v) is 4.90. The maximum absolute atomic E-state index is 13.1. The van der Waals surface area contributed by atoms with E-state index in [1.54, 1.807) is 26.0 Å². The second-order valence-electron chi connectivity index (χ2n) is 4.90. The van der Waals surface area contributed by atoms with Crippen LogP contribution in [0.25, 0.3) is 0 Å². The average Bonchev–Trinajstić information content (AvgIpc) is 2.94. The van der Waals surface area contributed by atoms with Crippen LogP contribution in [0.5, 0.6) is 0 Å². The summed E-state index contributed by atoms with van der Waals surface area (Å²) in [5, 5.41) is 12.8. The van der Waals surface area contributed by atoms with E-state index in [0.29, 0.717) is 16.9 Å². The lowest BCUT2D eigenvalue weighted by Crippen LogP contribution is -2.38. The standard InChI is InChI=1S/C15H16FNO3/c1-10-8-11(5-6-12(10)16)14(18)17-9-15(2,19)13-4-3-7-20-13/h3-8,19H,9H2,1-2H3,(H,17,18). The lowest BCUT2D eigenvalue weighted by Gasteiger charge is -2.21. The molecule has 0 saturated carbocycles. The molecule has 1 aromatic heterocycles. The number of hydrogen-bond acceptors (Lipinski definition) is 3. The highest BCUT2D eigenvalue weighted by Gasteiger charge is 2.26. The molecule has 0 aliphatic heterocycles. The van der Waals surface area contributed by atoms with E-state index < -0.39 is 5.60 Å². The van der Waals surface area contributed by atoms with Crippen LogP contribution in [0.1, 0.15) is 28.6 Å². The van der Waals surface area contributed by atoms with Crippen molar-refractivity contribution in [3.05, 3.63) is 59.3 Å². The molecule has 0 spiro atoms. The first-order valence-corrected chi connectivity index (χ1v) is 6.21. The Hall–Kier alpha value is -2.14. The molecule has 0 fully saturated rings. The summed E-state index contributed by atoms with van der Waals surface area (Å²) in [6, 6.07) is 7.41. The molecule has 0 aliphatic carbocycles. The minimum atomic E-state index is -1.30. The molecule has 1 amide bonds. The quantitative estimate of drug-likeness (QED) is 0.901. The summed E-state index contributed by atoms with van der Waals surface area (Å²) >= 11 is 0. The summed E-state index contributed by atoms with van der Waals surface area (Å²) in [6.45, 7) is 3.13. The number of halogens is 1. The number of carbonyl (C=O) groups is 1. The van der Waals surface area contributed by atoms with Crippen molar-refractivity contribution in [2.75, 3.05) is 6.54 Å². The van der Waals surface area contributed by atoms with Crippen molar-refractivity contribution < 1.29 is 18.7 Å². The summed E-state index contributed by atoms with van der Waals surface area (Å²) in [5.74, 6) is -0.364. The molecule has 2 aromatic rings. The van der Waals surface area contributed by atoms with Gasteiger partial charge in [0.15, 0.2) is 0 Å². The van der Waals surface area contributed by atoms with Gasteiger partial charge in [-0.1, -0.05) is 0 Å². The van der Waals surface area contributed by atoms with Crippen LogP contribution in [0.3, 0.4) is 0 Å². The fraction of sp³-hybridized carbons (Fsp3) is 0.267. The summed E-state index contributed by atoms with van der Waals surface area (Å²) in [7, 11) is 0. The SMILES string of the molecule is Cc1cc(C(=O)NCC(C)(O)c2ccco2)ccc1F. The number of aryl methyl sites for hydroxylation is 1. The van der Waals surface area contributed by atoms with Gasteiger partial charge in [0.2, 0.25) is 0 Å². The van der Waals surface area contributed by atoms with Crippen LogP contribution in [-0.2, 0) is 5.60 Å². The molecule has 2 N–H and O–H groups in total. The topological polar surface area (TPSA) is 62.5 Å². The van der Waals surface area contributed by atoms with Crippen LogP contribution in [0.4, 0.5) is 4.39 Å². The van der Waals surface area contributed by atoms with Crippen molar-refractivity contribution in [1.29, 1.82) is 0 Å². The van der Waals surface area contributed by atoms with Crippen LogP contribution < -0.4 is 5.32 Å². The third kappa shape index (κ3) is 3.05. The normalized spacial score (nSPS) is 13.8. The van der Waals surface area contributed by atoms with Gasteiger partial charge in [-0.25, -0.2) is 4.39 Å². The second kappa shape index (κ2) is 5.46. The van der Waals surface area contributed by atoms with Gasteiger partial charge in [-0.3, -0.25) is 4.79 Å². The van der Waals surface area contributed by atoms with Gasteiger partial charge in [-0.15, -0.1) is 0 Å². The van der Waals surface area contributed by atoms with E-state index in [1.807, 2.05) is 0 Å². The lowest BCUT2D eigenvalue weighted by atomic mass is 10.0. The monoisotopic (exact) mass is 277 g/mol. The van der Waals surface area contributed by atoms with Crippen LogP contribution in [0, 0.1) is 12.7 Å². The van der Waals surface area contributed by atoms with Crippen molar-refractivity contribution in [3.8, 4) is 0 Å². The molecule has 1 atom stereocenters. The molecule has 0 radical (unpaired) electrons. The highest BCUT2D eigenvalue weighted by molar-refractivity contribution is 5.94. The molecule has 2 rings (SSSR count). The number of carbonyl (C=O) groups excluding carboxylic acids is 1. The van der Waals surface area contributed by atoms with Gasteiger partial charge in [0, 0.05) is 5.56 Å². The van der Waals surface area contributed by atoms with Crippen molar-refractivity contribution in [3.63, 3.8) is 0 Å². The molecule has 1 unspecified atom stereocenters. The number of hydrogen-bond donors (Lipinski definition) is 2. The maximum atomic E-state index is 13.1. The zero-order valence-corrected chi connectivity index (χ0v) is 11.3. The first-order chi connectivity index (χ1) is 9.40. The van der Waals surface area contributed by atoms with Crippen LogP contribution in [-0.4, -0.2) is 17.6 Å². The Bertz CT molecular complexity index is 606. The largest absolute Gasteiger partial charge is 0.466 e. The maximum Gasteiger partial charge on any atom is 0.251 e. The fourth-order valence-electron chi connectivity index (χ4n) is 1.81. The number of amides is 1. The van der Waals surface area contributed by atoms with Crippen molar-refractivity contribution in [2.45, 2.75) is 19.4 Å². The van der Waals surface area contributed by atoms with Gasteiger partial charge < -0.3 is 14.8 Å². The van der Waals surface area contributed by atoms with Crippen molar-refractivity contribution in [1.82, 2.24) is 5.32 Å². The smallest absolute Gasteiger partial charge is 0.251 e. The molecule has 5 heteroatoms. The highest BCUT2D eigenvalue weighted by atomic mass is 19.1. The van der Waals surface area contributed by atoms with Crippen molar-refractivity contribution in [2.24, 2.45) is 0 Å². The van der Waals surface area contributed by atoms with Crippen molar-refractivity contribution >= 4 is 5.91 Å².